The predicted molar refractivity (Wildman–Crippen MR) is 120 cm³/mol. The third-order valence-corrected chi connectivity index (χ3v) is 5.90. The average Bonchev–Trinajstić information content (AvgIpc) is 3.49. The highest BCUT2D eigenvalue weighted by molar-refractivity contribution is 7.15. The van der Waals surface area contributed by atoms with E-state index in [1.165, 1.54) is 29.7 Å². The van der Waals surface area contributed by atoms with Crippen LogP contribution in [0, 0.1) is 5.82 Å². The molecular formula is C23H23FN4O3S. The molecule has 1 amide bonds. The van der Waals surface area contributed by atoms with Crippen LogP contribution < -0.4 is 10.6 Å². The van der Waals surface area contributed by atoms with E-state index in [0.29, 0.717) is 47.1 Å². The number of ether oxygens (including phenoxy) is 1. The van der Waals surface area contributed by atoms with E-state index in [2.05, 4.69) is 20.6 Å². The van der Waals surface area contributed by atoms with E-state index in [0.717, 1.165) is 17.7 Å². The zero-order valence-corrected chi connectivity index (χ0v) is 18.4. The number of carbonyl (C=O) groups is 2. The van der Waals surface area contributed by atoms with Gasteiger partial charge < -0.3 is 15.4 Å². The fourth-order valence-electron chi connectivity index (χ4n) is 3.06. The zero-order chi connectivity index (χ0) is 22.5. The Hall–Kier alpha value is -3.33. The van der Waals surface area contributed by atoms with Crippen molar-refractivity contribution in [2.45, 2.75) is 38.6 Å². The SMILES string of the molecule is CCOC(=O)c1ccc(Nc2ncc(CCc3cc(C(=O)NC4CC4)ccc3F)s2)nc1. The summed E-state index contributed by atoms with van der Waals surface area (Å²) in [4.78, 5) is 33.4. The molecule has 2 aromatic heterocycles. The highest BCUT2D eigenvalue weighted by Gasteiger charge is 2.24. The Morgan fingerprint density at radius 1 is 1.12 bits per heavy atom. The second-order valence-corrected chi connectivity index (χ2v) is 8.58. The average molecular weight is 455 g/mol. The summed E-state index contributed by atoms with van der Waals surface area (Å²) in [6.07, 6.45) is 6.26. The van der Waals surface area contributed by atoms with Crippen LogP contribution in [-0.4, -0.2) is 34.5 Å². The lowest BCUT2D eigenvalue weighted by atomic mass is 10.0. The number of amides is 1. The number of benzene rings is 1. The van der Waals surface area contributed by atoms with E-state index < -0.39 is 5.97 Å². The summed E-state index contributed by atoms with van der Waals surface area (Å²) in [5, 5.41) is 6.67. The maximum absolute atomic E-state index is 14.2. The molecular weight excluding hydrogens is 431 g/mol. The fraction of sp³-hybridized carbons (Fsp3) is 0.304. The van der Waals surface area contributed by atoms with E-state index in [4.69, 9.17) is 4.74 Å². The minimum atomic E-state index is -0.413. The van der Waals surface area contributed by atoms with Crippen LogP contribution in [0.4, 0.5) is 15.3 Å². The molecule has 0 aliphatic heterocycles. The minimum Gasteiger partial charge on any atom is -0.462 e. The summed E-state index contributed by atoms with van der Waals surface area (Å²) >= 11 is 1.44. The van der Waals surface area contributed by atoms with Crippen molar-refractivity contribution in [3.8, 4) is 0 Å². The monoisotopic (exact) mass is 454 g/mol. The van der Waals surface area contributed by atoms with E-state index in [9.17, 15) is 14.0 Å². The molecule has 2 heterocycles. The second kappa shape index (κ2) is 9.86. The van der Waals surface area contributed by atoms with Gasteiger partial charge in [-0.2, -0.15) is 0 Å². The maximum Gasteiger partial charge on any atom is 0.339 e. The van der Waals surface area contributed by atoms with Crippen LogP contribution in [0.25, 0.3) is 0 Å². The van der Waals surface area contributed by atoms with Crippen LogP contribution in [0.2, 0.25) is 0 Å². The minimum absolute atomic E-state index is 0.153. The lowest BCUT2D eigenvalue weighted by molar-refractivity contribution is 0.0525. The smallest absolute Gasteiger partial charge is 0.339 e. The second-order valence-electron chi connectivity index (χ2n) is 7.46. The van der Waals surface area contributed by atoms with Gasteiger partial charge in [0.1, 0.15) is 11.6 Å². The van der Waals surface area contributed by atoms with Gasteiger partial charge >= 0.3 is 5.97 Å². The first-order valence-corrected chi connectivity index (χ1v) is 11.3. The van der Waals surface area contributed by atoms with E-state index in [-0.39, 0.29) is 17.8 Å². The summed E-state index contributed by atoms with van der Waals surface area (Å²) in [6, 6.07) is 8.07. The number of halogens is 1. The van der Waals surface area contributed by atoms with Gasteiger partial charge in [-0.25, -0.2) is 19.2 Å². The Labute approximate surface area is 189 Å². The highest BCUT2D eigenvalue weighted by atomic mass is 32.1. The van der Waals surface area contributed by atoms with Crippen molar-refractivity contribution in [1.29, 1.82) is 0 Å². The van der Waals surface area contributed by atoms with Crippen LogP contribution in [0.3, 0.4) is 0 Å². The number of hydrogen-bond acceptors (Lipinski definition) is 7. The summed E-state index contributed by atoms with van der Waals surface area (Å²) in [6.45, 7) is 2.06. The number of aryl methyl sites for hydroxylation is 2. The third-order valence-electron chi connectivity index (χ3n) is 4.92. The van der Waals surface area contributed by atoms with Crippen molar-refractivity contribution >= 4 is 34.2 Å². The van der Waals surface area contributed by atoms with Crippen molar-refractivity contribution in [3.05, 3.63) is 70.1 Å². The fourth-order valence-corrected chi connectivity index (χ4v) is 3.87. The predicted octanol–water partition coefficient (Wildman–Crippen LogP) is 4.27. The molecule has 1 aliphatic carbocycles. The van der Waals surface area contributed by atoms with Gasteiger partial charge in [0.25, 0.3) is 5.91 Å². The molecule has 4 rings (SSSR count). The molecule has 1 fully saturated rings. The molecule has 9 heteroatoms. The number of aromatic nitrogens is 2. The van der Waals surface area contributed by atoms with Crippen molar-refractivity contribution < 1.29 is 18.7 Å². The summed E-state index contributed by atoms with van der Waals surface area (Å²) in [5.41, 5.74) is 1.37. The number of anilines is 2. The quantitative estimate of drug-likeness (QED) is 0.469. The van der Waals surface area contributed by atoms with Gasteiger partial charge in [0.05, 0.1) is 12.2 Å². The number of hydrogen-bond donors (Lipinski definition) is 2. The van der Waals surface area contributed by atoms with Crippen LogP contribution in [-0.2, 0) is 17.6 Å². The first kappa shape index (κ1) is 21.9. The molecule has 0 bridgehead atoms. The van der Waals surface area contributed by atoms with E-state index in [1.807, 2.05) is 0 Å². The molecule has 0 radical (unpaired) electrons. The third kappa shape index (κ3) is 5.67. The zero-order valence-electron chi connectivity index (χ0n) is 17.6. The van der Waals surface area contributed by atoms with Gasteiger partial charge in [-0.1, -0.05) is 0 Å². The van der Waals surface area contributed by atoms with Crippen LogP contribution in [0.15, 0.2) is 42.7 Å². The largest absolute Gasteiger partial charge is 0.462 e. The molecule has 1 aliphatic rings. The lowest BCUT2D eigenvalue weighted by Crippen LogP contribution is -2.25. The molecule has 7 nitrogen and oxygen atoms in total. The van der Waals surface area contributed by atoms with Crippen molar-refractivity contribution in [1.82, 2.24) is 15.3 Å². The van der Waals surface area contributed by atoms with E-state index >= 15 is 0 Å². The van der Waals surface area contributed by atoms with Crippen molar-refractivity contribution in [2.75, 3.05) is 11.9 Å². The van der Waals surface area contributed by atoms with E-state index in [1.54, 1.807) is 31.3 Å². The molecule has 2 N–H and O–H groups in total. The molecule has 0 atom stereocenters. The summed E-state index contributed by atoms with van der Waals surface area (Å²) in [7, 11) is 0. The number of nitrogens with zero attached hydrogens (tertiary/aromatic N) is 2. The van der Waals surface area contributed by atoms with Crippen molar-refractivity contribution in [2.24, 2.45) is 0 Å². The van der Waals surface area contributed by atoms with Gasteiger partial charge in [-0.15, -0.1) is 11.3 Å². The van der Waals surface area contributed by atoms with Crippen molar-refractivity contribution in [3.63, 3.8) is 0 Å². The Balaban J connectivity index is 1.34. The highest BCUT2D eigenvalue weighted by Crippen LogP contribution is 2.24. The maximum atomic E-state index is 14.2. The van der Waals surface area contributed by atoms with Crippen LogP contribution in [0.5, 0.6) is 0 Å². The Morgan fingerprint density at radius 2 is 1.94 bits per heavy atom. The first-order chi connectivity index (χ1) is 15.5. The molecule has 166 valence electrons. The van der Waals surface area contributed by atoms with Gasteiger partial charge in [0, 0.05) is 28.9 Å². The van der Waals surface area contributed by atoms with Crippen LogP contribution in [0.1, 0.15) is 50.9 Å². The molecule has 32 heavy (non-hydrogen) atoms. The van der Waals surface area contributed by atoms with Gasteiger partial charge in [0.2, 0.25) is 0 Å². The number of rotatable bonds is 9. The van der Waals surface area contributed by atoms with Gasteiger partial charge in [0.15, 0.2) is 5.13 Å². The summed E-state index contributed by atoms with van der Waals surface area (Å²) in [5.74, 6) is -0.329. The van der Waals surface area contributed by atoms with Crippen LogP contribution >= 0.6 is 11.3 Å². The normalized spacial score (nSPS) is 12.9. The Kier molecular flexibility index (Phi) is 6.75. The molecule has 1 saturated carbocycles. The molecule has 3 aromatic rings. The number of thiazole rings is 1. The summed E-state index contributed by atoms with van der Waals surface area (Å²) < 4.78 is 19.2. The number of pyridine rings is 1. The Morgan fingerprint density at radius 3 is 2.66 bits per heavy atom. The number of esters is 1. The van der Waals surface area contributed by atoms with Gasteiger partial charge in [-0.3, -0.25) is 4.79 Å². The molecule has 1 aromatic carbocycles. The molecule has 0 unspecified atom stereocenters. The molecule has 0 spiro atoms. The molecule has 0 saturated heterocycles. The standard InChI is InChI=1S/C23H23FN4O3S/c1-2-31-22(30)16-5-10-20(25-12-16)28-23-26-13-18(32-23)8-3-14-11-15(4-9-19(14)24)21(29)27-17-6-7-17/h4-5,9-13,17H,2-3,6-8H2,1H3,(H,27,29)(H,25,26,28). The first-order valence-electron chi connectivity index (χ1n) is 10.5. The number of carbonyl (C=O) groups excluding carboxylic acids is 2. The topological polar surface area (TPSA) is 93.2 Å². The van der Waals surface area contributed by atoms with Gasteiger partial charge in [-0.05, 0) is 68.5 Å². The lowest BCUT2D eigenvalue weighted by Gasteiger charge is -2.07. The Bertz CT molecular complexity index is 1110. The number of nitrogens with one attached hydrogen (secondary N) is 2.